The van der Waals surface area contributed by atoms with Crippen LogP contribution in [0.3, 0.4) is 0 Å². The van der Waals surface area contributed by atoms with E-state index in [9.17, 15) is 9.90 Å². The Morgan fingerprint density at radius 1 is 1.08 bits per heavy atom. The Balaban J connectivity index is 1.51. The summed E-state index contributed by atoms with van der Waals surface area (Å²) in [6.45, 7) is 0.449. The molecule has 2 aliphatic heterocycles. The number of hydrogen-bond acceptors (Lipinski definition) is 6. The van der Waals surface area contributed by atoms with E-state index in [1.165, 1.54) is 0 Å². The van der Waals surface area contributed by atoms with E-state index in [0.717, 1.165) is 16.5 Å². The number of aliphatic hydroxyl groups excluding tert-OH is 1. The van der Waals surface area contributed by atoms with Crippen LogP contribution >= 0.6 is 0 Å². The van der Waals surface area contributed by atoms with Crippen LogP contribution < -0.4 is 4.74 Å². The fourth-order valence-corrected chi connectivity index (χ4v) is 3.23. The second-order valence-electron chi connectivity index (χ2n) is 6.03. The first-order valence-electron chi connectivity index (χ1n) is 7.86. The number of carbonyl (C=O) groups excluding carboxylic acids is 1. The number of hydrogen-bond donors (Lipinski definition) is 1. The van der Waals surface area contributed by atoms with Crippen LogP contribution in [0.15, 0.2) is 36.4 Å². The molecular weight excluding hydrogens is 312 g/mol. The van der Waals surface area contributed by atoms with E-state index in [-0.39, 0.29) is 13.2 Å². The van der Waals surface area contributed by atoms with Crippen LogP contribution in [0.1, 0.15) is 10.4 Å². The lowest BCUT2D eigenvalue weighted by Gasteiger charge is -2.16. The van der Waals surface area contributed by atoms with Crippen molar-refractivity contribution in [3.05, 3.63) is 42.0 Å². The predicted octanol–water partition coefficient (Wildman–Crippen LogP) is 1.53. The van der Waals surface area contributed by atoms with E-state index in [1.54, 1.807) is 19.2 Å². The predicted molar refractivity (Wildman–Crippen MR) is 85.2 cm³/mol. The highest BCUT2D eigenvalue weighted by atomic mass is 16.6. The first-order chi connectivity index (χ1) is 11.7. The summed E-state index contributed by atoms with van der Waals surface area (Å²) in [5.74, 6) is 0.343. The molecule has 4 atom stereocenters. The Bertz CT molecular complexity index is 773. The van der Waals surface area contributed by atoms with E-state index < -0.39 is 30.4 Å². The SMILES string of the molecule is COc1ccc2cc(C(=O)OC3COC4C(O)COC34)ccc2c1. The van der Waals surface area contributed by atoms with Gasteiger partial charge in [-0.15, -0.1) is 0 Å². The topological polar surface area (TPSA) is 74.2 Å². The molecule has 0 aliphatic carbocycles. The quantitative estimate of drug-likeness (QED) is 0.861. The van der Waals surface area contributed by atoms with Crippen molar-refractivity contribution in [2.45, 2.75) is 24.4 Å². The summed E-state index contributed by atoms with van der Waals surface area (Å²) < 4.78 is 21.7. The highest BCUT2D eigenvalue weighted by Crippen LogP contribution is 2.29. The number of benzene rings is 2. The lowest BCUT2D eigenvalue weighted by atomic mass is 10.1. The van der Waals surface area contributed by atoms with E-state index in [2.05, 4.69) is 0 Å². The minimum atomic E-state index is -0.658. The Kier molecular flexibility index (Phi) is 3.88. The number of esters is 1. The number of rotatable bonds is 3. The molecule has 4 rings (SSSR count). The van der Waals surface area contributed by atoms with Crippen LogP contribution in [0.2, 0.25) is 0 Å². The number of carbonyl (C=O) groups is 1. The van der Waals surface area contributed by atoms with E-state index in [1.807, 2.05) is 24.3 Å². The molecule has 0 saturated carbocycles. The normalized spacial score (nSPS) is 28.8. The second-order valence-corrected chi connectivity index (χ2v) is 6.03. The fraction of sp³-hybridized carbons (Fsp3) is 0.389. The molecule has 1 N–H and O–H groups in total. The van der Waals surface area contributed by atoms with Gasteiger partial charge in [0, 0.05) is 0 Å². The van der Waals surface area contributed by atoms with Gasteiger partial charge in [-0.25, -0.2) is 4.79 Å². The third-order valence-corrected chi connectivity index (χ3v) is 4.52. The third-order valence-electron chi connectivity index (χ3n) is 4.52. The molecule has 2 fully saturated rings. The Morgan fingerprint density at radius 3 is 2.67 bits per heavy atom. The summed E-state index contributed by atoms with van der Waals surface area (Å²) in [6.07, 6.45) is -1.96. The summed E-state index contributed by atoms with van der Waals surface area (Å²) in [4.78, 5) is 12.4. The zero-order valence-corrected chi connectivity index (χ0v) is 13.2. The first kappa shape index (κ1) is 15.4. The first-order valence-corrected chi connectivity index (χ1v) is 7.86. The maximum atomic E-state index is 12.4. The van der Waals surface area contributed by atoms with E-state index in [0.29, 0.717) is 5.56 Å². The van der Waals surface area contributed by atoms with Crippen LogP contribution in [0.4, 0.5) is 0 Å². The Labute approximate surface area is 138 Å². The van der Waals surface area contributed by atoms with Crippen molar-refractivity contribution in [3.8, 4) is 5.75 Å². The minimum absolute atomic E-state index is 0.210. The number of methoxy groups -OCH3 is 1. The van der Waals surface area contributed by atoms with Gasteiger partial charge in [-0.3, -0.25) is 0 Å². The molecule has 24 heavy (non-hydrogen) atoms. The molecule has 2 aromatic rings. The van der Waals surface area contributed by atoms with Crippen molar-refractivity contribution >= 4 is 16.7 Å². The summed E-state index contributed by atoms with van der Waals surface area (Å²) in [6, 6.07) is 11.0. The van der Waals surface area contributed by atoms with Crippen LogP contribution in [0.25, 0.3) is 10.8 Å². The van der Waals surface area contributed by atoms with Crippen LogP contribution in [0, 0.1) is 0 Å². The van der Waals surface area contributed by atoms with Gasteiger partial charge in [-0.05, 0) is 35.0 Å². The fourth-order valence-electron chi connectivity index (χ4n) is 3.23. The van der Waals surface area contributed by atoms with Crippen LogP contribution in [-0.4, -0.2) is 55.8 Å². The molecule has 0 amide bonds. The van der Waals surface area contributed by atoms with Crippen molar-refractivity contribution < 1.29 is 28.8 Å². The zero-order chi connectivity index (χ0) is 16.7. The van der Waals surface area contributed by atoms with E-state index in [4.69, 9.17) is 18.9 Å². The second kappa shape index (κ2) is 6.05. The molecule has 0 spiro atoms. The van der Waals surface area contributed by atoms with Gasteiger partial charge in [0.2, 0.25) is 0 Å². The highest BCUT2D eigenvalue weighted by Gasteiger charge is 2.48. The van der Waals surface area contributed by atoms with E-state index >= 15 is 0 Å². The molecule has 2 aliphatic rings. The molecular formula is C18H18O6. The lowest BCUT2D eigenvalue weighted by molar-refractivity contribution is -0.0209. The smallest absolute Gasteiger partial charge is 0.338 e. The molecule has 6 nitrogen and oxygen atoms in total. The van der Waals surface area contributed by atoms with Gasteiger partial charge in [0.15, 0.2) is 6.10 Å². The molecule has 0 aromatic heterocycles. The molecule has 6 heteroatoms. The number of aliphatic hydroxyl groups is 1. The number of fused-ring (bicyclic) bond motifs is 2. The third kappa shape index (κ3) is 2.62. The molecule has 2 aromatic carbocycles. The zero-order valence-electron chi connectivity index (χ0n) is 13.2. The van der Waals surface area contributed by atoms with Crippen molar-refractivity contribution in [2.24, 2.45) is 0 Å². The van der Waals surface area contributed by atoms with Crippen molar-refractivity contribution in [2.75, 3.05) is 20.3 Å². The average Bonchev–Trinajstić information content (AvgIpc) is 3.17. The molecule has 0 bridgehead atoms. The maximum absolute atomic E-state index is 12.4. The Morgan fingerprint density at radius 2 is 1.83 bits per heavy atom. The van der Waals surface area contributed by atoms with Gasteiger partial charge in [0.1, 0.15) is 24.1 Å². The molecule has 126 valence electrons. The van der Waals surface area contributed by atoms with Gasteiger partial charge < -0.3 is 24.1 Å². The molecule has 4 unspecified atom stereocenters. The van der Waals surface area contributed by atoms with Crippen molar-refractivity contribution in [1.29, 1.82) is 0 Å². The summed E-state index contributed by atoms with van der Waals surface area (Å²) in [5.41, 5.74) is 0.467. The van der Waals surface area contributed by atoms with Crippen molar-refractivity contribution in [1.82, 2.24) is 0 Å². The highest BCUT2D eigenvalue weighted by molar-refractivity contribution is 5.95. The summed E-state index contributed by atoms with van der Waals surface area (Å²) >= 11 is 0. The standard InChI is InChI=1S/C18H18O6/c1-21-13-5-4-10-6-12(3-2-11(10)7-13)18(20)24-15-9-23-16-14(19)8-22-17(15)16/h2-7,14-17,19H,8-9H2,1H3. The van der Waals surface area contributed by atoms with Gasteiger partial charge in [0.05, 0.1) is 25.9 Å². The van der Waals surface area contributed by atoms with Crippen LogP contribution in [0.5, 0.6) is 5.75 Å². The summed E-state index contributed by atoms with van der Waals surface area (Å²) in [5, 5.41) is 11.6. The van der Waals surface area contributed by atoms with Crippen molar-refractivity contribution in [3.63, 3.8) is 0 Å². The number of ether oxygens (including phenoxy) is 4. The maximum Gasteiger partial charge on any atom is 0.338 e. The van der Waals surface area contributed by atoms with Gasteiger partial charge in [-0.2, -0.15) is 0 Å². The van der Waals surface area contributed by atoms with Gasteiger partial charge in [-0.1, -0.05) is 12.1 Å². The minimum Gasteiger partial charge on any atom is -0.497 e. The molecule has 2 saturated heterocycles. The van der Waals surface area contributed by atoms with Gasteiger partial charge in [0.25, 0.3) is 0 Å². The van der Waals surface area contributed by atoms with Gasteiger partial charge >= 0.3 is 5.97 Å². The molecule has 2 heterocycles. The van der Waals surface area contributed by atoms with Crippen LogP contribution in [-0.2, 0) is 14.2 Å². The Hall–Kier alpha value is -2.15. The monoisotopic (exact) mass is 330 g/mol. The molecule has 0 radical (unpaired) electrons. The largest absolute Gasteiger partial charge is 0.497 e. The average molecular weight is 330 g/mol. The lowest BCUT2D eigenvalue weighted by Crippen LogP contribution is -2.34. The summed E-state index contributed by atoms with van der Waals surface area (Å²) in [7, 11) is 1.62.